The summed E-state index contributed by atoms with van der Waals surface area (Å²) in [4.78, 5) is 20.1. The molecule has 5 heteroatoms. The fourth-order valence-corrected chi connectivity index (χ4v) is 4.06. The van der Waals surface area contributed by atoms with Crippen molar-refractivity contribution in [3.8, 4) is 0 Å². The largest absolute Gasteiger partial charge is 0.385 e. The second kappa shape index (κ2) is 7.95. The molecule has 1 aliphatic heterocycles. The maximum absolute atomic E-state index is 13.0. The Morgan fingerprint density at radius 3 is 2.74 bits per heavy atom. The van der Waals surface area contributed by atoms with Gasteiger partial charge in [0.1, 0.15) is 5.69 Å². The van der Waals surface area contributed by atoms with E-state index in [9.17, 15) is 4.79 Å². The monoisotopic (exact) mass is 367 g/mol. The summed E-state index contributed by atoms with van der Waals surface area (Å²) in [7, 11) is 1.72. The Bertz CT molecular complexity index is 795. The van der Waals surface area contributed by atoms with Gasteiger partial charge >= 0.3 is 0 Å². The lowest BCUT2D eigenvalue weighted by molar-refractivity contribution is 0.0692. The normalized spacial score (nSPS) is 19.9. The van der Waals surface area contributed by atoms with Crippen LogP contribution in [0.3, 0.4) is 0 Å². The van der Waals surface area contributed by atoms with Crippen molar-refractivity contribution >= 4 is 16.8 Å². The summed E-state index contributed by atoms with van der Waals surface area (Å²) in [5, 5.41) is 4.38. The molecule has 2 aliphatic rings. The van der Waals surface area contributed by atoms with Gasteiger partial charge in [0, 0.05) is 44.3 Å². The van der Waals surface area contributed by atoms with Gasteiger partial charge in [-0.2, -0.15) is 0 Å². The predicted octanol–water partition coefficient (Wildman–Crippen LogP) is 3.25. The van der Waals surface area contributed by atoms with Gasteiger partial charge in [-0.3, -0.25) is 4.79 Å². The molecule has 1 N–H and O–H groups in total. The number of carbonyl (C=O) groups excluding carboxylic acids is 1. The van der Waals surface area contributed by atoms with Crippen LogP contribution in [0.1, 0.15) is 42.6 Å². The molecule has 1 saturated heterocycles. The number of para-hydroxylation sites is 1. The molecule has 2 fully saturated rings. The summed E-state index contributed by atoms with van der Waals surface area (Å²) < 4.78 is 5.34. The van der Waals surface area contributed by atoms with Gasteiger partial charge in [0.15, 0.2) is 0 Å². The SMILES string of the molecule is COCCC1(NC(=O)c2ccc3ccccc3n2)CCN(CC2CC2)CC1. The number of aromatic nitrogens is 1. The third kappa shape index (κ3) is 4.47. The highest BCUT2D eigenvalue weighted by molar-refractivity contribution is 5.95. The van der Waals surface area contributed by atoms with Crippen molar-refractivity contribution in [2.24, 2.45) is 5.92 Å². The molecule has 1 aliphatic carbocycles. The van der Waals surface area contributed by atoms with Crippen LogP contribution in [-0.4, -0.2) is 54.7 Å². The molecule has 5 nitrogen and oxygen atoms in total. The Morgan fingerprint density at radius 2 is 2.00 bits per heavy atom. The summed E-state index contributed by atoms with van der Waals surface area (Å²) in [6, 6.07) is 11.7. The quantitative estimate of drug-likeness (QED) is 0.816. The number of nitrogens with zero attached hydrogens (tertiary/aromatic N) is 2. The van der Waals surface area contributed by atoms with E-state index < -0.39 is 0 Å². The van der Waals surface area contributed by atoms with Gasteiger partial charge in [0.05, 0.1) is 5.52 Å². The molecule has 1 amide bonds. The number of rotatable bonds is 7. The molecular weight excluding hydrogens is 338 g/mol. The molecule has 144 valence electrons. The minimum atomic E-state index is -0.194. The smallest absolute Gasteiger partial charge is 0.270 e. The number of pyridine rings is 1. The lowest BCUT2D eigenvalue weighted by Gasteiger charge is -2.42. The van der Waals surface area contributed by atoms with Crippen molar-refractivity contribution in [3.05, 3.63) is 42.1 Å². The van der Waals surface area contributed by atoms with Crippen LogP contribution in [0.2, 0.25) is 0 Å². The van der Waals surface area contributed by atoms with E-state index in [1.807, 2.05) is 36.4 Å². The van der Waals surface area contributed by atoms with Crippen LogP contribution in [0.5, 0.6) is 0 Å². The lowest BCUT2D eigenvalue weighted by atomic mass is 9.84. The number of ether oxygens (including phenoxy) is 1. The van der Waals surface area contributed by atoms with Gasteiger partial charge in [-0.25, -0.2) is 4.98 Å². The maximum atomic E-state index is 13.0. The summed E-state index contributed by atoms with van der Waals surface area (Å²) in [6.45, 7) is 3.98. The van der Waals surface area contributed by atoms with Crippen LogP contribution < -0.4 is 5.32 Å². The maximum Gasteiger partial charge on any atom is 0.270 e. The first-order chi connectivity index (χ1) is 13.2. The summed E-state index contributed by atoms with van der Waals surface area (Å²) in [5.41, 5.74) is 1.15. The highest BCUT2D eigenvalue weighted by Crippen LogP contribution is 2.33. The Morgan fingerprint density at radius 1 is 1.22 bits per heavy atom. The highest BCUT2D eigenvalue weighted by atomic mass is 16.5. The van der Waals surface area contributed by atoms with Crippen LogP contribution in [-0.2, 0) is 4.74 Å². The van der Waals surface area contributed by atoms with Gasteiger partial charge in [-0.1, -0.05) is 24.3 Å². The standard InChI is InChI=1S/C22H29N3O2/c1-27-15-12-22(10-13-25(14-11-22)16-17-6-7-17)24-21(26)20-9-8-18-4-2-3-5-19(18)23-20/h2-5,8-9,17H,6-7,10-16H2,1H3,(H,24,26). The number of hydrogen-bond acceptors (Lipinski definition) is 4. The first-order valence-corrected chi connectivity index (χ1v) is 10.1. The molecule has 1 aromatic carbocycles. The van der Waals surface area contributed by atoms with E-state index in [2.05, 4.69) is 15.2 Å². The minimum absolute atomic E-state index is 0.0764. The van der Waals surface area contributed by atoms with Crippen LogP contribution in [0, 0.1) is 5.92 Å². The van der Waals surface area contributed by atoms with Crippen molar-refractivity contribution in [3.63, 3.8) is 0 Å². The molecule has 0 unspecified atom stereocenters. The number of fused-ring (bicyclic) bond motifs is 1. The van der Waals surface area contributed by atoms with Gasteiger partial charge in [-0.05, 0) is 50.2 Å². The van der Waals surface area contributed by atoms with E-state index in [0.29, 0.717) is 12.3 Å². The van der Waals surface area contributed by atoms with E-state index in [1.165, 1.54) is 19.4 Å². The highest BCUT2D eigenvalue weighted by Gasteiger charge is 2.37. The van der Waals surface area contributed by atoms with Crippen LogP contribution >= 0.6 is 0 Å². The Kier molecular flexibility index (Phi) is 5.41. The molecule has 1 aromatic heterocycles. The number of hydrogen-bond donors (Lipinski definition) is 1. The van der Waals surface area contributed by atoms with Crippen LogP contribution in [0.15, 0.2) is 36.4 Å². The zero-order chi connectivity index (χ0) is 18.7. The second-order valence-electron chi connectivity index (χ2n) is 8.11. The number of carbonyl (C=O) groups is 1. The van der Waals surface area contributed by atoms with E-state index in [-0.39, 0.29) is 11.4 Å². The summed E-state index contributed by atoms with van der Waals surface area (Å²) >= 11 is 0. The molecule has 2 heterocycles. The Balaban J connectivity index is 1.46. The Hall–Kier alpha value is -1.98. The molecule has 0 spiro atoms. The van der Waals surface area contributed by atoms with Crippen molar-refractivity contribution in [2.75, 3.05) is 33.4 Å². The third-order valence-corrected chi connectivity index (χ3v) is 6.02. The lowest BCUT2D eigenvalue weighted by Crippen LogP contribution is -2.56. The third-order valence-electron chi connectivity index (χ3n) is 6.02. The predicted molar refractivity (Wildman–Crippen MR) is 107 cm³/mol. The van der Waals surface area contributed by atoms with E-state index in [1.54, 1.807) is 7.11 Å². The van der Waals surface area contributed by atoms with Crippen molar-refractivity contribution < 1.29 is 9.53 Å². The summed E-state index contributed by atoms with van der Waals surface area (Å²) in [6.07, 6.45) is 5.57. The minimum Gasteiger partial charge on any atom is -0.385 e. The van der Waals surface area contributed by atoms with Crippen molar-refractivity contribution in [1.82, 2.24) is 15.2 Å². The van der Waals surface area contributed by atoms with Crippen LogP contribution in [0.25, 0.3) is 10.9 Å². The molecule has 27 heavy (non-hydrogen) atoms. The van der Waals surface area contributed by atoms with E-state index >= 15 is 0 Å². The van der Waals surface area contributed by atoms with Crippen molar-refractivity contribution in [1.29, 1.82) is 0 Å². The number of methoxy groups -OCH3 is 1. The number of amides is 1. The Labute approximate surface area is 161 Å². The average molecular weight is 367 g/mol. The van der Waals surface area contributed by atoms with Gasteiger partial charge < -0.3 is 15.0 Å². The number of nitrogens with one attached hydrogen (secondary N) is 1. The fraction of sp³-hybridized carbons (Fsp3) is 0.545. The molecule has 0 bridgehead atoms. The molecule has 4 rings (SSSR count). The molecular formula is C22H29N3O2. The first kappa shape index (κ1) is 18.4. The topological polar surface area (TPSA) is 54.5 Å². The first-order valence-electron chi connectivity index (χ1n) is 10.1. The molecule has 1 saturated carbocycles. The van der Waals surface area contributed by atoms with Crippen molar-refractivity contribution in [2.45, 2.75) is 37.6 Å². The van der Waals surface area contributed by atoms with E-state index in [4.69, 9.17) is 4.74 Å². The zero-order valence-corrected chi connectivity index (χ0v) is 16.1. The van der Waals surface area contributed by atoms with Gasteiger partial charge in [0.2, 0.25) is 0 Å². The molecule has 0 atom stereocenters. The molecule has 2 aromatic rings. The fourth-order valence-electron chi connectivity index (χ4n) is 4.06. The zero-order valence-electron chi connectivity index (χ0n) is 16.1. The number of piperidine rings is 1. The van der Waals surface area contributed by atoms with Crippen LogP contribution in [0.4, 0.5) is 0 Å². The summed E-state index contributed by atoms with van der Waals surface area (Å²) in [5.74, 6) is 0.834. The molecule has 0 radical (unpaired) electrons. The van der Waals surface area contributed by atoms with Gasteiger partial charge in [-0.15, -0.1) is 0 Å². The number of benzene rings is 1. The van der Waals surface area contributed by atoms with E-state index in [0.717, 1.165) is 49.2 Å². The second-order valence-corrected chi connectivity index (χ2v) is 8.11. The average Bonchev–Trinajstić information content (AvgIpc) is 3.52. The number of likely N-dealkylation sites (tertiary alicyclic amines) is 1. The van der Waals surface area contributed by atoms with Gasteiger partial charge in [0.25, 0.3) is 5.91 Å².